The van der Waals surface area contributed by atoms with E-state index in [1.165, 1.54) is 20.2 Å². The van der Waals surface area contributed by atoms with Crippen LogP contribution >= 0.6 is 11.2 Å². The Morgan fingerprint density at radius 1 is 1.35 bits per heavy atom. The van der Waals surface area contributed by atoms with Gasteiger partial charge in [-0.25, -0.2) is 5.06 Å². The van der Waals surface area contributed by atoms with E-state index in [2.05, 4.69) is 4.84 Å². The first-order chi connectivity index (χ1) is 7.75. The lowest BCUT2D eigenvalue weighted by Gasteiger charge is -2.16. The van der Waals surface area contributed by atoms with Crippen LogP contribution in [0.3, 0.4) is 0 Å². The highest BCUT2D eigenvalue weighted by Crippen LogP contribution is 2.61. The van der Waals surface area contributed by atoms with Gasteiger partial charge >= 0.3 is 0 Å². The van der Waals surface area contributed by atoms with Crippen LogP contribution in [0.1, 0.15) is 10.4 Å². The molecule has 0 saturated carbocycles. The van der Waals surface area contributed by atoms with Crippen LogP contribution < -0.4 is 5.73 Å². The number of nitrogens with two attached hydrogens (primary N) is 1. The van der Waals surface area contributed by atoms with Crippen molar-refractivity contribution in [3.05, 3.63) is 23.8 Å². The van der Waals surface area contributed by atoms with Gasteiger partial charge in [-0.05, 0) is 18.2 Å². The first kappa shape index (κ1) is 13.7. The van der Waals surface area contributed by atoms with E-state index in [0.717, 1.165) is 17.2 Å². The van der Waals surface area contributed by atoms with Crippen LogP contribution in [0.2, 0.25) is 0 Å². The SMILES string of the molecule is CON(C)C(=O)c1cc(N)cc(S(F)(F)F)c1. The van der Waals surface area contributed by atoms with Gasteiger partial charge in [0, 0.05) is 18.3 Å². The quantitative estimate of drug-likeness (QED) is 0.677. The highest BCUT2D eigenvalue weighted by Gasteiger charge is 2.26. The molecule has 2 N–H and O–H groups in total. The van der Waals surface area contributed by atoms with E-state index in [9.17, 15) is 16.5 Å². The number of benzene rings is 1. The van der Waals surface area contributed by atoms with Crippen LogP contribution in [0.4, 0.5) is 17.3 Å². The van der Waals surface area contributed by atoms with Crippen molar-refractivity contribution in [3.8, 4) is 0 Å². The molecule has 0 aliphatic rings. The standard InChI is InChI=1S/C9H11F3N2O2S/c1-14(16-2)9(15)6-3-7(13)5-8(4-6)17(10,11)12/h3-5H,13H2,1-2H3. The molecule has 0 aromatic heterocycles. The Hall–Kier alpha value is -1.41. The van der Waals surface area contributed by atoms with E-state index in [4.69, 9.17) is 5.73 Å². The first-order valence-electron chi connectivity index (χ1n) is 4.40. The second kappa shape index (κ2) is 4.84. The fourth-order valence-corrected chi connectivity index (χ4v) is 1.67. The lowest BCUT2D eigenvalue weighted by atomic mass is 10.2. The van der Waals surface area contributed by atoms with Gasteiger partial charge in [0.25, 0.3) is 5.91 Å². The molecule has 0 saturated heterocycles. The number of halogens is 3. The number of hydrogen-bond donors (Lipinski definition) is 1. The molecule has 0 spiro atoms. The number of hydrogen-bond acceptors (Lipinski definition) is 3. The third-order valence-electron chi connectivity index (χ3n) is 2.00. The van der Waals surface area contributed by atoms with Crippen molar-refractivity contribution < 1.29 is 21.3 Å². The molecule has 8 heteroatoms. The average Bonchev–Trinajstić information content (AvgIpc) is 2.25. The molecule has 0 bridgehead atoms. The van der Waals surface area contributed by atoms with E-state index in [1.54, 1.807) is 0 Å². The van der Waals surface area contributed by atoms with Crippen molar-refractivity contribution in [2.45, 2.75) is 4.90 Å². The Morgan fingerprint density at radius 2 is 1.94 bits per heavy atom. The van der Waals surface area contributed by atoms with Crippen LogP contribution in [0.5, 0.6) is 0 Å². The number of nitrogen functional groups attached to an aromatic ring is 1. The third kappa shape index (κ3) is 3.27. The second-order valence-electron chi connectivity index (χ2n) is 3.18. The molecule has 0 fully saturated rings. The Labute approximate surface area is 98.3 Å². The highest BCUT2D eigenvalue weighted by atomic mass is 32.3. The molecule has 0 unspecified atom stereocenters. The van der Waals surface area contributed by atoms with Crippen molar-refractivity contribution in [3.63, 3.8) is 0 Å². The van der Waals surface area contributed by atoms with Crippen molar-refractivity contribution in [2.24, 2.45) is 0 Å². The van der Waals surface area contributed by atoms with Gasteiger partial charge in [-0.2, -0.15) is 0 Å². The highest BCUT2D eigenvalue weighted by molar-refractivity contribution is 8.20. The van der Waals surface area contributed by atoms with Gasteiger partial charge in [-0.15, -0.1) is 11.7 Å². The molecule has 96 valence electrons. The largest absolute Gasteiger partial charge is 0.399 e. The second-order valence-corrected chi connectivity index (χ2v) is 4.47. The number of amides is 1. The minimum Gasteiger partial charge on any atom is -0.399 e. The Kier molecular flexibility index (Phi) is 3.89. The summed E-state index contributed by atoms with van der Waals surface area (Å²) in [5.41, 5.74) is 5.07. The summed E-state index contributed by atoms with van der Waals surface area (Å²) < 4.78 is 37.7. The molecular formula is C9H11F3N2O2S. The van der Waals surface area contributed by atoms with Gasteiger partial charge in [0.1, 0.15) is 0 Å². The molecule has 0 radical (unpaired) electrons. The summed E-state index contributed by atoms with van der Waals surface area (Å²) in [4.78, 5) is 15.3. The average molecular weight is 268 g/mol. The van der Waals surface area contributed by atoms with Gasteiger partial charge in [-0.3, -0.25) is 9.63 Å². The maximum absolute atomic E-state index is 12.6. The van der Waals surface area contributed by atoms with Crippen molar-refractivity contribution in [1.29, 1.82) is 0 Å². The summed E-state index contributed by atoms with van der Waals surface area (Å²) in [6.45, 7) is 0. The minimum atomic E-state index is -5.41. The lowest BCUT2D eigenvalue weighted by Crippen LogP contribution is -2.25. The predicted molar refractivity (Wildman–Crippen MR) is 59.1 cm³/mol. The lowest BCUT2D eigenvalue weighted by molar-refractivity contribution is -0.0757. The summed E-state index contributed by atoms with van der Waals surface area (Å²) in [6, 6.07) is 2.75. The fraction of sp³-hybridized carbons (Fsp3) is 0.222. The summed E-state index contributed by atoms with van der Waals surface area (Å²) in [5.74, 6) is -0.690. The molecule has 1 amide bonds. The number of anilines is 1. The van der Waals surface area contributed by atoms with Crippen LogP contribution in [-0.4, -0.2) is 25.1 Å². The van der Waals surface area contributed by atoms with E-state index >= 15 is 0 Å². The van der Waals surface area contributed by atoms with E-state index in [1.807, 2.05) is 0 Å². The maximum atomic E-state index is 12.6. The summed E-state index contributed by atoms with van der Waals surface area (Å²) in [5, 5.41) is 0.824. The van der Waals surface area contributed by atoms with E-state index < -0.39 is 22.0 Å². The molecule has 17 heavy (non-hydrogen) atoms. The number of hydroxylamine groups is 2. The molecule has 1 aromatic rings. The Balaban J connectivity index is 3.19. The van der Waals surface area contributed by atoms with Crippen LogP contribution in [0, 0.1) is 0 Å². The fourth-order valence-electron chi connectivity index (χ4n) is 1.14. The zero-order chi connectivity index (χ0) is 13.2. The Bertz CT molecular complexity index is 437. The number of carbonyl (C=O) groups is 1. The number of nitrogens with zero attached hydrogens (tertiary/aromatic N) is 1. The molecule has 0 aliphatic heterocycles. The zero-order valence-electron chi connectivity index (χ0n) is 9.12. The van der Waals surface area contributed by atoms with Gasteiger partial charge < -0.3 is 5.73 Å². The summed E-state index contributed by atoms with van der Waals surface area (Å²) >= 11 is -5.41. The molecule has 1 aromatic carbocycles. The summed E-state index contributed by atoms with van der Waals surface area (Å²) in [7, 11) is 2.53. The molecule has 0 aliphatic carbocycles. The first-order valence-corrected chi connectivity index (χ1v) is 5.74. The number of carbonyl (C=O) groups excluding carboxylic acids is 1. The van der Waals surface area contributed by atoms with Gasteiger partial charge in [0.2, 0.25) is 11.2 Å². The topological polar surface area (TPSA) is 55.6 Å². The third-order valence-corrected chi connectivity index (χ3v) is 2.77. The van der Waals surface area contributed by atoms with Gasteiger partial charge in [0.05, 0.1) is 12.0 Å². The molecule has 4 nitrogen and oxygen atoms in total. The van der Waals surface area contributed by atoms with E-state index in [-0.39, 0.29) is 11.3 Å². The molecule has 0 heterocycles. The smallest absolute Gasteiger partial charge is 0.277 e. The normalized spacial score (nSPS) is 12.3. The van der Waals surface area contributed by atoms with Crippen molar-refractivity contribution >= 4 is 22.8 Å². The van der Waals surface area contributed by atoms with Crippen LogP contribution in [0.25, 0.3) is 0 Å². The van der Waals surface area contributed by atoms with Crippen LogP contribution in [0.15, 0.2) is 23.1 Å². The minimum absolute atomic E-state index is 0.111. The van der Waals surface area contributed by atoms with Crippen molar-refractivity contribution in [2.75, 3.05) is 19.9 Å². The summed E-state index contributed by atoms with van der Waals surface area (Å²) in [6.07, 6.45) is 0. The molecular weight excluding hydrogens is 257 g/mol. The van der Waals surface area contributed by atoms with E-state index in [0.29, 0.717) is 0 Å². The monoisotopic (exact) mass is 268 g/mol. The Morgan fingerprint density at radius 3 is 2.41 bits per heavy atom. The maximum Gasteiger partial charge on any atom is 0.277 e. The predicted octanol–water partition coefficient (Wildman–Crippen LogP) is 2.72. The molecule has 0 atom stereocenters. The van der Waals surface area contributed by atoms with Crippen molar-refractivity contribution in [1.82, 2.24) is 5.06 Å². The van der Waals surface area contributed by atoms with Crippen LogP contribution in [-0.2, 0) is 4.84 Å². The van der Waals surface area contributed by atoms with Gasteiger partial charge in [0.15, 0.2) is 0 Å². The number of rotatable bonds is 3. The molecule has 1 rings (SSSR count). The van der Waals surface area contributed by atoms with Gasteiger partial charge in [-0.1, -0.05) is 0 Å². The zero-order valence-corrected chi connectivity index (χ0v) is 9.93.